The van der Waals surface area contributed by atoms with Gasteiger partial charge in [-0.1, -0.05) is 45.0 Å². The quantitative estimate of drug-likeness (QED) is 0.265. The third-order valence-electron chi connectivity index (χ3n) is 6.22. The maximum absolute atomic E-state index is 13.0. The molecule has 7 heteroatoms. The molecule has 0 fully saturated rings. The molecule has 2 aromatic heterocycles. The Bertz CT molecular complexity index is 1550. The van der Waals surface area contributed by atoms with Gasteiger partial charge in [-0.15, -0.1) is 0 Å². The molecule has 0 aliphatic rings. The third kappa shape index (κ3) is 4.81. The van der Waals surface area contributed by atoms with E-state index in [4.69, 9.17) is 4.98 Å². The minimum atomic E-state index is -0.143. The lowest BCUT2D eigenvalue weighted by Crippen LogP contribution is -2.15. The number of amides is 1. The number of aromatic amines is 1. The van der Waals surface area contributed by atoms with Crippen molar-refractivity contribution >= 4 is 34.1 Å². The summed E-state index contributed by atoms with van der Waals surface area (Å²) in [6.07, 6.45) is 3.50. The van der Waals surface area contributed by atoms with Crippen LogP contribution in [-0.4, -0.2) is 26.1 Å². The van der Waals surface area contributed by atoms with Crippen LogP contribution >= 0.6 is 0 Å². The largest absolute Gasteiger partial charge is 0.324 e. The summed E-state index contributed by atoms with van der Waals surface area (Å²) in [6.45, 7) is 8.45. The van der Waals surface area contributed by atoms with Crippen LogP contribution in [-0.2, 0) is 5.41 Å². The molecular formula is C29H28N6O. The first-order chi connectivity index (χ1) is 17.3. The number of rotatable bonds is 5. The van der Waals surface area contributed by atoms with E-state index in [1.807, 2.05) is 73.7 Å². The standard InChI is InChI=1S/C29H28N6O/c1-18-23(6-5-7-24(18)33-27(36)19-8-10-21(11-9-19)29(2,3)4)26-14-15-30-28(34-26)32-22-12-13-25-20(16-22)17-31-35-25/h5-17H,1-4H3,(H,31,35)(H,33,36)(H,30,32,34). The predicted molar refractivity (Wildman–Crippen MR) is 145 cm³/mol. The van der Waals surface area contributed by atoms with Gasteiger partial charge in [0.2, 0.25) is 5.95 Å². The Kier molecular flexibility index (Phi) is 5.98. The molecule has 36 heavy (non-hydrogen) atoms. The van der Waals surface area contributed by atoms with Crippen molar-refractivity contribution in [2.24, 2.45) is 0 Å². The van der Waals surface area contributed by atoms with Crippen molar-refractivity contribution in [2.75, 3.05) is 10.6 Å². The second-order valence-electron chi connectivity index (χ2n) is 9.82. The van der Waals surface area contributed by atoms with Gasteiger partial charge in [-0.3, -0.25) is 9.89 Å². The van der Waals surface area contributed by atoms with Gasteiger partial charge in [0.05, 0.1) is 17.4 Å². The molecule has 5 rings (SSSR count). The Hall–Kier alpha value is -4.52. The van der Waals surface area contributed by atoms with E-state index in [-0.39, 0.29) is 11.3 Å². The summed E-state index contributed by atoms with van der Waals surface area (Å²) in [6, 6.07) is 21.4. The Morgan fingerprint density at radius 3 is 2.56 bits per heavy atom. The lowest BCUT2D eigenvalue weighted by Gasteiger charge is -2.19. The van der Waals surface area contributed by atoms with Gasteiger partial charge in [0.25, 0.3) is 5.91 Å². The van der Waals surface area contributed by atoms with E-state index in [0.717, 1.165) is 39.1 Å². The van der Waals surface area contributed by atoms with Crippen LogP contribution in [0.25, 0.3) is 22.2 Å². The van der Waals surface area contributed by atoms with Gasteiger partial charge in [0, 0.05) is 34.1 Å². The van der Waals surface area contributed by atoms with Crippen LogP contribution in [0.3, 0.4) is 0 Å². The van der Waals surface area contributed by atoms with Crippen molar-refractivity contribution in [3.8, 4) is 11.3 Å². The summed E-state index contributed by atoms with van der Waals surface area (Å²) in [4.78, 5) is 22.0. The van der Waals surface area contributed by atoms with Crippen LogP contribution in [0.1, 0.15) is 42.3 Å². The molecule has 0 radical (unpaired) electrons. The van der Waals surface area contributed by atoms with Crippen molar-refractivity contribution in [3.63, 3.8) is 0 Å². The number of anilines is 3. The van der Waals surface area contributed by atoms with E-state index in [1.165, 1.54) is 5.56 Å². The van der Waals surface area contributed by atoms with Gasteiger partial charge in [0.15, 0.2) is 0 Å². The average Bonchev–Trinajstić information content (AvgIpc) is 3.33. The fourth-order valence-corrected chi connectivity index (χ4v) is 4.08. The van der Waals surface area contributed by atoms with Gasteiger partial charge in [-0.05, 0) is 65.9 Å². The number of hydrogen-bond acceptors (Lipinski definition) is 5. The molecule has 3 aromatic carbocycles. The highest BCUT2D eigenvalue weighted by Gasteiger charge is 2.16. The first kappa shape index (κ1) is 23.2. The minimum absolute atomic E-state index is 0.0389. The first-order valence-electron chi connectivity index (χ1n) is 11.8. The van der Waals surface area contributed by atoms with Crippen LogP contribution in [0.15, 0.2) is 79.1 Å². The maximum Gasteiger partial charge on any atom is 0.255 e. The molecule has 0 spiro atoms. The van der Waals surface area contributed by atoms with Crippen molar-refractivity contribution in [1.82, 2.24) is 20.2 Å². The van der Waals surface area contributed by atoms with Gasteiger partial charge < -0.3 is 10.6 Å². The third-order valence-corrected chi connectivity index (χ3v) is 6.22. The zero-order valence-electron chi connectivity index (χ0n) is 20.8. The molecule has 7 nitrogen and oxygen atoms in total. The molecule has 0 atom stereocenters. The van der Waals surface area contributed by atoms with Crippen LogP contribution in [0.5, 0.6) is 0 Å². The summed E-state index contributed by atoms with van der Waals surface area (Å²) in [7, 11) is 0. The Morgan fingerprint density at radius 1 is 0.972 bits per heavy atom. The summed E-state index contributed by atoms with van der Waals surface area (Å²) in [5.41, 5.74) is 7.05. The van der Waals surface area contributed by atoms with E-state index < -0.39 is 0 Å². The maximum atomic E-state index is 13.0. The van der Waals surface area contributed by atoms with Gasteiger partial charge in [-0.25, -0.2) is 9.97 Å². The fraction of sp³-hybridized carbons (Fsp3) is 0.172. The predicted octanol–water partition coefficient (Wildman–Crippen LogP) is 6.62. The fourth-order valence-electron chi connectivity index (χ4n) is 4.08. The molecule has 1 amide bonds. The lowest BCUT2D eigenvalue weighted by atomic mass is 9.86. The molecule has 2 heterocycles. The molecule has 0 bridgehead atoms. The van der Waals surface area contributed by atoms with Crippen molar-refractivity contribution in [2.45, 2.75) is 33.1 Å². The highest BCUT2D eigenvalue weighted by atomic mass is 16.1. The second kappa shape index (κ2) is 9.26. The number of benzene rings is 3. The van der Waals surface area contributed by atoms with E-state index in [2.05, 4.69) is 46.6 Å². The van der Waals surface area contributed by atoms with E-state index in [9.17, 15) is 4.79 Å². The summed E-state index contributed by atoms with van der Waals surface area (Å²) >= 11 is 0. The summed E-state index contributed by atoms with van der Waals surface area (Å²) < 4.78 is 0. The topological polar surface area (TPSA) is 95.6 Å². The molecular weight excluding hydrogens is 448 g/mol. The summed E-state index contributed by atoms with van der Waals surface area (Å²) in [5, 5.41) is 14.3. The monoisotopic (exact) mass is 476 g/mol. The number of nitrogens with zero attached hydrogens (tertiary/aromatic N) is 3. The van der Waals surface area contributed by atoms with E-state index in [1.54, 1.807) is 12.4 Å². The lowest BCUT2D eigenvalue weighted by molar-refractivity contribution is 0.102. The molecule has 180 valence electrons. The van der Waals surface area contributed by atoms with Gasteiger partial charge in [0.1, 0.15) is 0 Å². The smallest absolute Gasteiger partial charge is 0.255 e. The zero-order valence-corrected chi connectivity index (χ0v) is 20.8. The van der Waals surface area contributed by atoms with Gasteiger partial charge >= 0.3 is 0 Å². The Labute approximate surface area is 210 Å². The summed E-state index contributed by atoms with van der Waals surface area (Å²) in [5.74, 6) is 0.346. The highest BCUT2D eigenvalue weighted by molar-refractivity contribution is 6.05. The SMILES string of the molecule is Cc1c(NC(=O)c2ccc(C(C)(C)C)cc2)cccc1-c1ccnc(Nc2ccc3[nH]ncc3c2)n1. The van der Waals surface area contributed by atoms with Crippen LogP contribution < -0.4 is 10.6 Å². The Morgan fingerprint density at radius 2 is 1.78 bits per heavy atom. The van der Waals surface area contributed by atoms with E-state index in [0.29, 0.717) is 11.5 Å². The van der Waals surface area contributed by atoms with Gasteiger partial charge in [-0.2, -0.15) is 5.10 Å². The number of carbonyl (C=O) groups is 1. The number of fused-ring (bicyclic) bond motifs is 1. The van der Waals surface area contributed by atoms with Crippen molar-refractivity contribution < 1.29 is 4.79 Å². The first-order valence-corrected chi connectivity index (χ1v) is 11.8. The Balaban J connectivity index is 1.36. The molecule has 0 aliphatic carbocycles. The molecule has 3 N–H and O–H groups in total. The molecule has 0 unspecified atom stereocenters. The van der Waals surface area contributed by atoms with E-state index >= 15 is 0 Å². The number of nitrogens with one attached hydrogen (secondary N) is 3. The number of aromatic nitrogens is 4. The molecule has 0 saturated carbocycles. The number of carbonyl (C=O) groups excluding carboxylic acids is 1. The second-order valence-corrected chi connectivity index (χ2v) is 9.82. The number of hydrogen-bond donors (Lipinski definition) is 3. The number of H-pyrrole nitrogens is 1. The highest BCUT2D eigenvalue weighted by Crippen LogP contribution is 2.29. The molecule has 0 saturated heterocycles. The van der Waals surface area contributed by atoms with Crippen molar-refractivity contribution in [1.29, 1.82) is 0 Å². The molecule has 5 aromatic rings. The van der Waals surface area contributed by atoms with Crippen LogP contribution in [0.4, 0.5) is 17.3 Å². The zero-order chi connectivity index (χ0) is 25.3. The van der Waals surface area contributed by atoms with Crippen molar-refractivity contribution in [3.05, 3.63) is 95.8 Å². The van der Waals surface area contributed by atoms with Crippen LogP contribution in [0, 0.1) is 6.92 Å². The minimum Gasteiger partial charge on any atom is -0.324 e. The normalized spacial score (nSPS) is 11.4. The average molecular weight is 477 g/mol. The molecule has 0 aliphatic heterocycles. The van der Waals surface area contributed by atoms with Crippen LogP contribution in [0.2, 0.25) is 0 Å².